The molecule has 1 fully saturated rings. The molecule has 1 aromatic carbocycles. The molecule has 1 aliphatic heterocycles. The van der Waals surface area contributed by atoms with Crippen LogP contribution in [0, 0.1) is 12.8 Å². The Morgan fingerprint density at radius 2 is 2.10 bits per heavy atom. The van der Waals surface area contributed by atoms with Crippen molar-refractivity contribution in [3.8, 4) is 0 Å². The number of hydrogen-bond donors (Lipinski definition) is 2. The lowest BCUT2D eigenvalue weighted by Gasteiger charge is -2.29. The van der Waals surface area contributed by atoms with Gasteiger partial charge in [0.25, 0.3) is 0 Å². The molecule has 116 valence electrons. The number of benzene rings is 1. The summed E-state index contributed by atoms with van der Waals surface area (Å²) in [4.78, 5) is 24.9. The van der Waals surface area contributed by atoms with E-state index in [9.17, 15) is 9.59 Å². The molecule has 5 nitrogen and oxygen atoms in total. The topological polar surface area (TPSA) is 69.6 Å². The van der Waals surface area contributed by atoms with Crippen molar-refractivity contribution < 1.29 is 14.7 Å². The van der Waals surface area contributed by atoms with Crippen molar-refractivity contribution >= 4 is 30.0 Å². The minimum absolute atomic E-state index is 0. The van der Waals surface area contributed by atoms with E-state index in [2.05, 4.69) is 5.32 Å². The fourth-order valence-electron chi connectivity index (χ4n) is 2.51. The number of anilines is 1. The number of likely N-dealkylation sites (tertiary alicyclic amines) is 1. The van der Waals surface area contributed by atoms with Gasteiger partial charge in [-0.1, -0.05) is 18.2 Å². The Balaban J connectivity index is 0.00000220. The van der Waals surface area contributed by atoms with Crippen molar-refractivity contribution in [2.75, 3.05) is 25.0 Å². The van der Waals surface area contributed by atoms with Gasteiger partial charge in [0.1, 0.15) is 0 Å². The first-order valence-electron chi connectivity index (χ1n) is 6.87. The maximum Gasteiger partial charge on any atom is 0.307 e. The van der Waals surface area contributed by atoms with Crippen LogP contribution in [0.15, 0.2) is 24.3 Å². The molecule has 1 heterocycles. The number of aliphatic carboxylic acids is 1. The number of aryl methyl sites for hydroxylation is 1. The van der Waals surface area contributed by atoms with E-state index in [1.807, 2.05) is 36.1 Å². The number of carboxylic acid groups (broad SMARTS) is 1. The number of para-hydroxylation sites is 1. The first-order chi connectivity index (χ1) is 9.56. The molecule has 2 N–H and O–H groups in total. The van der Waals surface area contributed by atoms with E-state index >= 15 is 0 Å². The molecule has 6 heteroatoms. The van der Waals surface area contributed by atoms with Crippen LogP contribution in [0.3, 0.4) is 0 Å². The molecule has 1 unspecified atom stereocenters. The standard InChI is InChI=1S/C15H20N2O3.ClH/c1-11-5-2-3-7-13(11)16-14(18)10-17-8-4-6-12(9-17)15(19)20;/h2-3,5,7,12H,4,6,8-10H2,1H3,(H,16,18)(H,19,20);1H. The highest BCUT2D eigenvalue weighted by molar-refractivity contribution is 5.93. The van der Waals surface area contributed by atoms with Gasteiger partial charge in [0.2, 0.25) is 5.91 Å². The summed E-state index contributed by atoms with van der Waals surface area (Å²) in [6.45, 7) is 3.43. The molecular formula is C15H21ClN2O3. The Kier molecular flexibility index (Phi) is 6.65. The van der Waals surface area contributed by atoms with Crippen molar-refractivity contribution in [3.63, 3.8) is 0 Å². The van der Waals surface area contributed by atoms with Gasteiger partial charge in [-0.3, -0.25) is 14.5 Å². The monoisotopic (exact) mass is 312 g/mol. The molecule has 0 radical (unpaired) electrons. The van der Waals surface area contributed by atoms with E-state index in [1.54, 1.807) is 0 Å². The molecule has 1 amide bonds. The summed E-state index contributed by atoms with van der Waals surface area (Å²) < 4.78 is 0. The van der Waals surface area contributed by atoms with E-state index in [0.29, 0.717) is 13.0 Å². The van der Waals surface area contributed by atoms with Crippen LogP contribution in [0.5, 0.6) is 0 Å². The summed E-state index contributed by atoms with van der Waals surface area (Å²) in [5.41, 5.74) is 1.83. The quantitative estimate of drug-likeness (QED) is 0.894. The average Bonchev–Trinajstić information content (AvgIpc) is 2.41. The van der Waals surface area contributed by atoms with Gasteiger partial charge in [0.15, 0.2) is 0 Å². The number of piperidine rings is 1. The van der Waals surface area contributed by atoms with Crippen molar-refractivity contribution in [1.29, 1.82) is 0 Å². The molecule has 1 atom stereocenters. The minimum Gasteiger partial charge on any atom is -0.481 e. The molecule has 2 rings (SSSR count). The lowest BCUT2D eigenvalue weighted by molar-refractivity contribution is -0.144. The van der Waals surface area contributed by atoms with Gasteiger partial charge in [-0.25, -0.2) is 0 Å². The zero-order valence-corrected chi connectivity index (χ0v) is 12.9. The Hall–Kier alpha value is -1.59. The van der Waals surface area contributed by atoms with Gasteiger partial charge < -0.3 is 10.4 Å². The molecule has 0 saturated carbocycles. The van der Waals surface area contributed by atoms with Crippen molar-refractivity contribution in [2.24, 2.45) is 5.92 Å². The number of nitrogens with one attached hydrogen (secondary N) is 1. The molecule has 1 aromatic rings. The molecular weight excluding hydrogens is 292 g/mol. The summed E-state index contributed by atoms with van der Waals surface area (Å²) in [7, 11) is 0. The highest BCUT2D eigenvalue weighted by Gasteiger charge is 2.26. The van der Waals surface area contributed by atoms with Gasteiger partial charge in [-0.2, -0.15) is 0 Å². The highest BCUT2D eigenvalue weighted by Crippen LogP contribution is 2.17. The fraction of sp³-hybridized carbons (Fsp3) is 0.467. The zero-order chi connectivity index (χ0) is 14.5. The van der Waals surface area contributed by atoms with Crippen molar-refractivity contribution in [3.05, 3.63) is 29.8 Å². The maximum atomic E-state index is 12.0. The van der Waals surface area contributed by atoms with Gasteiger partial charge >= 0.3 is 5.97 Å². The molecule has 0 spiro atoms. The van der Waals surface area contributed by atoms with Gasteiger partial charge in [0, 0.05) is 12.2 Å². The van der Waals surface area contributed by atoms with Crippen molar-refractivity contribution in [1.82, 2.24) is 4.90 Å². The third kappa shape index (κ3) is 5.02. The van der Waals surface area contributed by atoms with E-state index in [0.717, 1.165) is 24.2 Å². The van der Waals surface area contributed by atoms with E-state index in [-0.39, 0.29) is 30.8 Å². The largest absolute Gasteiger partial charge is 0.481 e. The van der Waals surface area contributed by atoms with Gasteiger partial charge in [-0.15, -0.1) is 12.4 Å². The Labute approximate surface area is 130 Å². The molecule has 21 heavy (non-hydrogen) atoms. The van der Waals surface area contributed by atoms with Crippen LogP contribution < -0.4 is 5.32 Å². The summed E-state index contributed by atoms with van der Waals surface area (Å²) in [5.74, 6) is -1.21. The summed E-state index contributed by atoms with van der Waals surface area (Å²) in [5, 5.41) is 11.9. The Morgan fingerprint density at radius 3 is 2.76 bits per heavy atom. The number of hydrogen-bond acceptors (Lipinski definition) is 3. The number of carboxylic acids is 1. The van der Waals surface area contributed by atoms with E-state index < -0.39 is 5.97 Å². The lowest BCUT2D eigenvalue weighted by Crippen LogP contribution is -2.42. The van der Waals surface area contributed by atoms with Crippen molar-refractivity contribution in [2.45, 2.75) is 19.8 Å². The Bertz CT molecular complexity index is 507. The zero-order valence-electron chi connectivity index (χ0n) is 12.0. The molecule has 0 aliphatic carbocycles. The normalized spacial score (nSPS) is 18.6. The second kappa shape index (κ2) is 8.00. The summed E-state index contributed by atoms with van der Waals surface area (Å²) >= 11 is 0. The molecule has 0 bridgehead atoms. The van der Waals surface area contributed by atoms with Crippen LogP contribution in [-0.2, 0) is 9.59 Å². The van der Waals surface area contributed by atoms with Crippen LogP contribution in [-0.4, -0.2) is 41.5 Å². The third-order valence-corrected chi connectivity index (χ3v) is 3.64. The average molecular weight is 313 g/mol. The minimum atomic E-state index is -0.769. The van der Waals surface area contributed by atoms with Crippen LogP contribution in [0.2, 0.25) is 0 Å². The number of carbonyl (C=O) groups is 2. The third-order valence-electron chi connectivity index (χ3n) is 3.64. The Morgan fingerprint density at radius 1 is 1.38 bits per heavy atom. The van der Waals surface area contributed by atoms with Crippen LogP contribution >= 0.6 is 12.4 Å². The molecule has 1 aliphatic rings. The highest BCUT2D eigenvalue weighted by atomic mass is 35.5. The number of amides is 1. The predicted molar refractivity (Wildman–Crippen MR) is 83.9 cm³/mol. The van der Waals surface area contributed by atoms with E-state index in [1.165, 1.54) is 0 Å². The van der Waals surface area contributed by atoms with Crippen LogP contribution in [0.1, 0.15) is 18.4 Å². The fourth-order valence-corrected chi connectivity index (χ4v) is 2.51. The first-order valence-corrected chi connectivity index (χ1v) is 6.87. The van der Waals surface area contributed by atoms with Gasteiger partial charge in [-0.05, 0) is 37.9 Å². The number of halogens is 1. The smallest absolute Gasteiger partial charge is 0.307 e. The molecule has 0 aromatic heterocycles. The number of carbonyl (C=O) groups excluding carboxylic acids is 1. The maximum absolute atomic E-state index is 12.0. The number of rotatable bonds is 4. The van der Waals surface area contributed by atoms with E-state index in [4.69, 9.17) is 5.11 Å². The predicted octanol–water partition coefficient (Wildman–Crippen LogP) is 2.15. The molecule has 1 saturated heterocycles. The second-order valence-electron chi connectivity index (χ2n) is 5.28. The number of nitrogens with zero attached hydrogens (tertiary/aromatic N) is 1. The van der Waals surface area contributed by atoms with Gasteiger partial charge in [0.05, 0.1) is 12.5 Å². The lowest BCUT2D eigenvalue weighted by atomic mass is 9.98. The summed E-state index contributed by atoms with van der Waals surface area (Å²) in [6.07, 6.45) is 1.53. The SMILES string of the molecule is Cc1ccccc1NC(=O)CN1CCCC(C(=O)O)C1.Cl. The van der Waals surface area contributed by atoms with Crippen LogP contribution in [0.4, 0.5) is 5.69 Å². The summed E-state index contributed by atoms with van der Waals surface area (Å²) in [6, 6.07) is 7.61. The second-order valence-corrected chi connectivity index (χ2v) is 5.28. The van der Waals surface area contributed by atoms with Crippen LogP contribution in [0.25, 0.3) is 0 Å². The first kappa shape index (κ1) is 17.5.